The van der Waals surface area contributed by atoms with E-state index in [2.05, 4.69) is 125 Å². The number of rotatable bonds is 8. The third-order valence-corrected chi connectivity index (χ3v) is 12.8. The van der Waals surface area contributed by atoms with Gasteiger partial charge in [0.1, 0.15) is 5.58 Å². The fourth-order valence-corrected chi connectivity index (χ4v) is 9.16. The zero-order valence-corrected chi connectivity index (χ0v) is 38.2. The molecular weight excluding hydrogens is 941 g/mol. The minimum atomic E-state index is -1.80. The fourth-order valence-electron chi connectivity index (χ4n) is 7.75. The molecule has 0 fully saturated rings. The first kappa shape index (κ1) is 38.9. The molecule has 0 aliphatic carbocycles. The minimum Gasteiger partial charge on any atom is -0.501 e. The average Bonchev–Trinajstić information content (AvgIpc) is 3.88. The molecule has 0 aliphatic rings. The molecule has 4 heterocycles. The van der Waals surface area contributed by atoms with Crippen LogP contribution < -0.4 is 5.19 Å². The Balaban J connectivity index is 0.000000174. The second kappa shape index (κ2) is 17.8. The Labute approximate surface area is 375 Å². The molecule has 0 saturated heterocycles. The number of fused-ring (bicyclic) bond motifs is 4. The summed E-state index contributed by atoms with van der Waals surface area (Å²) in [5.41, 5.74) is 11.9. The molecule has 7 heteroatoms. The fraction of sp³-hybridized carbons (Fsp3) is 0.130. The molecule has 0 aliphatic heterocycles. The van der Waals surface area contributed by atoms with Crippen molar-refractivity contribution in [2.45, 2.75) is 45.8 Å². The van der Waals surface area contributed by atoms with Crippen molar-refractivity contribution in [3.05, 3.63) is 199 Å². The van der Waals surface area contributed by atoms with E-state index in [-0.39, 0.29) is 26.0 Å². The second-order valence-corrected chi connectivity index (χ2v) is 21.1. The van der Waals surface area contributed by atoms with Crippen LogP contribution in [0, 0.1) is 19.1 Å². The first-order chi connectivity index (χ1) is 30.0. The van der Waals surface area contributed by atoms with Crippen molar-refractivity contribution in [1.29, 1.82) is 0 Å². The number of pyridine rings is 2. The van der Waals surface area contributed by atoms with Crippen LogP contribution in [0.5, 0.6) is 0 Å². The molecule has 1 radical (unpaired) electrons. The van der Waals surface area contributed by atoms with Gasteiger partial charge in [0, 0.05) is 57.4 Å². The van der Waals surface area contributed by atoms with Crippen LogP contribution in [0.3, 0.4) is 0 Å². The minimum absolute atomic E-state index is 0. The van der Waals surface area contributed by atoms with E-state index in [9.17, 15) is 0 Å². The van der Waals surface area contributed by atoms with Crippen LogP contribution in [0.1, 0.15) is 32.5 Å². The normalized spacial score (nSPS) is 12.6. The van der Waals surface area contributed by atoms with E-state index in [0.717, 1.165) is 89.0 Å². The predicted molar refractivity (Wildman–Crippen MR) is 251 cm³/mol. The molecule has 61 heavy (non-hydrogen) atoms. The Hall–Kier alpha value is -6.24. The molecule has 4 aromatic heterocycles. The van der Waals surface area contributed by atoms with Gasteiger partial charge in [0.15, 0.2) is 0 Å². The summed E-state index contributed by atoms with van der Waals surface area (Å²) in [4.78, 5) is 14.3. The summed E-state index contributed by atoms with van der Waals surface area (Å²) in [6, 6.07) is 61.5. The van der Waals surface area contributed by atoms with Gasteiger partial charge in [0.05, 0.1) is 30.5 Å². The number of benzene rings is 6. The van der Waals surface area contributed by atoms with Gasteiger partial charge in [0.25, 0.3) is 0 Å². The summed E-state index contributed by atoms with van der Waals surface area (Å²) >= 11 is 0. The Kier molecular flexibility index (Phi) is 11.3. The van der Waals surface area contributed by atoms with Crippen LogP contribution >= 0.6 is 0 Å². The van der Waals surface area contributed by atoms with Crippen molar-refractivity contribution in [1.82, 2.24) is 19.5 Å². The molecule has 0 N–H and O–H groups in total. The maximum atomic E-state index is 9.07. The van der Waals surface area contributed by atoms with Gasteiger partial charge >= 0.3 is 0 Å². The second-order valence-electron chi connectivity index (χ2n) is 16.1. The van der Waals surface area contributed by atoms with E-state index in [1.54, 1.807) is 0 Å². The van der Waals surface area contributed by atoms with Crippen molar-refractivity contribution >= 4 is 46.2 Å². The maximum Gasteiger partial charge on any atom is 0.120 e. The third-order valence-electron chi connectivity index (χ3n) is 10.8. The third kappa shape index (κ3) is 8.69. The number of hydrogen-bond acceptors (Lipinski definition) is 4. The van der Waals surface area contributed by atoms with Crippen molar-refractivity contribution in [2.24, 2.45) is 0 Å². The van der Waals surface area contributed by atoms with E-state index < -0.39 is 14.4 Å². The molecule has 0 amide bonds. The Morgan fingerprint density at radius 3 is 2.28 bits per heavy atom. The number of imidazole rings is 1. The number of aromatic nitrogens is 4. The van der Waals surface area contributed by atoms with Crippen LogP contribution in [-0.4, -0.2) is 27.6 Å². The summed E-state index contributed by atoms with van der Waals surface area (Å²) in [5, 5.41) is 3.22. The summed E-state index contributed by atoms with van der Waals surface area (Å²) in [6.45, 7) is 10.5. The SMILES string of the molecule is [2H]C([2H])(c1cc(-c2[c-]cccc2)ncc1[Si](C)(C)C)C(C)c1cccc(C)n1.[Ir].[c-]1ccc2c(oc3ccccc32)c1-c1nc2ccccc2n1-c1cccc(-c2ccccc2)c1. The number of hydrogen-bond donors (Lipinski definition) is 0. The smallest absolute Gasteiger partial charge is 0.120 e. The van der Waals surface area contributed by atoms with Crippen LogP contribution in [-0.2, 0) is 26.5 Å². The standard InChI is InChI=1S/C31H19N2O.C23H27N2Si.Ir/c1-2-10-21(11-3-1)22-12-8-13-23(20-22)33-28-18-6-5-17-27(28)32-31(33)26-16-9-15-25-24-14-4-7-19-29(24)34-30(25)26;1-17(21-13-9-10-18(2)25-21)14-20-15-22(19-11-7-6-8-12-19)24-16-23(20)26(3,4)5;/h1-15,17-20H;6-11,13,15-17H,14H2,1-5H3;/q2*-1;/i;14D2;. The van der Waals surface area contributed by atoms with Gasteiger partial charge in [-0.15, -0.1) is 54.1 Å². The van der Waals surface area contributed by atoms with Gasteiger partial charge in [-0.1, -0.05) is 128 Å². The van der Waals surface area contributed by atoms with E-state index in [1.165, 1.54) is 5.56 Å². The number of furan rings is 1. The summed E-state index contributed by atoms with van der Waals surface area (Å²) in [6.07, 6.45) is 0.314. The summed E-state index contributed by atoms with van der Waals surface area (Å²) in [5.74, 6) is 0.438. The Bertz CT molecular complexity index is 3200. The first-order valence-corrected chi connectivity index (χ1v) is 23.8. The predicted octanol–water partition coefficient (Wildman–Crippen LogP) is 13.2. The van der Waals surface area contributed by atoms with Crippen LogP contribution in [0.25, 0.3) is 72.4 Å². The van der Waals surface area contributed by atoms with Gasteiger partial charge < -0.3 is 14.0 Å². The quantitative estimate of drug-likeness (QED) is 0.112. The Morgan fingerprint density at radius 1 is 0.721 bits per heavy atom. The van der Waals surface area contributed by atoms with Gasteiger partial charge in [-0.3, -0.25) is 9.97 Å². The maximum absolute atomic E-state index is 9.07. The van der Waals surface area contributed by atoms with Crippen LogP contribution in [0.15, 0.2) is 174 Å². The molecule has 0 spiro atoms. The molecule has 0 saturated carbocycles. The number of para-hydroxylation sites is 3. The zero-order chi connectivity index (χ0) is 43.0. The van der Waals surface area contributed by atoms with Crippen molar-refractivity contribution in [3.63, 3.8) is 0 Å². The largest absolute Gasteiger partial charge is 0.501 e. The van der Waals surface area contributed by atoms with Crippen LogP contribution in [0.4, 0.5) is 0 Å². The average molecular weight is 989 g/mol. The van der Waals surface area contributed by atoms with Crippen LogP contribution in [0.2, 0.25) is 19.6 Å². The molecule has 1 unspecified atom stereocenters. The number of aryl methyl sites for hydroxylation is 1. The van der Waals surface area contributed by atoms with E-state index in [0.29, 0.717) is 0 Å². The molecule has 10 aromatic rings. The van der Waals surface area contributed by atoms with Gasteiger partial charge in [-0.2, -0.15) is 0 Å². The van der Waals surface area contributed by atoms with Gasteiger partial charge in [-0.05, 0) is 77.8 Å². The van der Waals surface area contributed by atoms with Gasteiger partial charge in [0.2, 0.25) is 0 Å². The topological polar surface area (TPSA) is 56.7 Å². The monoisotopic (exact) mass is 989 g/mol. The molecule has 0 bridgehead atoms. The molecule has 6 aromatic carbocycles. The van der Waals surface area contributed by atoms with E-state index >= 15 is 0 Å². The van der Waals surface area contributed by atoms with Crippen molar-refractivity contribution in [2.75, 3.05) is 0 Å². The summed E-state index contributed by atoms with van der Waals surface area (Å²) < 4.78 is 26.7. The zero-order valence-electron chi connectivity index (χ0n) is 36.8. The van der Waals surface area contributed by atoms with E-state index in [1.807, 2.05) is 105 Å². The van der Waals surface area contributed by atoms with Crippen molar-refractivity contribution in [3.8, 4) is 39.5 Å². The van der Waals surface area contributed by atoms with E-state index in [4.69, 9.17) is 12.1 Å². The molecule has 10 rings (SSSR count). The summed E-state index contributed by atoms with van der Waals surface area (Å²) in [7, 11) is -1.80. The molecule has 303 valence electrons. The Morgan fingerprint density at radius 2 is 1.48 bits per heavy atom. The first-order valence-electron chi connectivity index (χ1n) is 21.3. The molecule has 5 nitrogen and oxygen atoms in total. The number of nitrogens with zero attached hydrogens (tertiary/aromatic N) is 4. The molecule has 1 atom stereocenters. The molecular formula is C54H46IrN4OSi-2. The van der Waals surface area contributed by atoms with Crippen molar-refractivity contribution < 1.29 is 27.3 Å². The van der Waals surface area contributed by atoms with Gasteiger partial charge in [-0.25, -0.2) is 0 Å².